The van der Waals surface area contributed by atoms with Crippen LogP contribution in [0.4, 0.5) is 0 Å². The van der Waals surface area contributed by atoms with Crippen molar-refractivity contribution < 1.29 is 78.7 Å². The summed E-state index contributed by atoms with van der Waals surface area (Å²) in [6.07, 6.45) is -10.6. The maximum atomic E-state index is 11.6. The van der Waals surface area contributed by atoms with Crippen molar-refractivity contribution in [2.24, 2.45) is 46.3 Å². The van der Waals surface area contributed by atoms with Crippen molar-refractivity contribution in [3.63, 3.8) is 0 Å². The maximum absolute atomic E-state index is 11.6. The molecule has 16 nitrogen and oxygen atoms in total. The Morgan fingerprint density at radius 3 is 1.97 bits per heavy atom. The van der Waals surface area contributed by atoms with Crippen molar-refractivity contribution in [1.82, 2.24) is 0 Å². The molecule has 3 saturated carbocycles. The molecule has 9 aliphatic rings. The molecule has 16 heteroatoms. The van der Waals surface area contributed by atoms with E-state index in [4.69, 9.17) is 37.9 Å². The van der Waals surface area contributed by atoms with E-state index in [-0.39, 0.29) is 23.0 Å². The van der Waals surface area contributed by atoms with Gasteiger partial charge in [0.25, 0.3) is 0 Å². The Bertz CT molecular complexity index is 1590. The third-order valence-electron chi connectivity index (χ3n) is 17.6. The summed E-state index contributed by atoms with van der Waals surface area (Å²) in [6, 6.07) is 0. The van der Waals surface area contributed by atoms with Gasteiger partial charge in [-0.2, -0.15) is 0 Å². The first-order chi connectivity index (χ1) is 28.9. The van der Waals surface area contributed by atoms with Gasteiger partial charge >= 0.3 is 0 Å². The van der Waals surface area contributed by atoms with E-state index in [9.17, 15) is 40.9 Å². The van der Waals surface area contributed by atoms with Crippen LogP contribution in [0.2, 0.25) is 0 Å². The summed E-state index contributed by atoms with van der Waals surface area (Å²) in [5, 5.41) is 85.9. The van der Waals surface area contributed by atoms with Crippen LogP contribution in [-0.2, 0) is 37.9 Å². The highest BCUT2D eigenvalue weighted by atomic mass is 16.8. The standard InChI is InChI=1S/C45H72O16/c1-19-9-14-45(54-18-19)20(2)30-28(61-45)16-27-25-8-7-23-15-24(10-12-43(23,5)26(25)11-13-44(27,30)6)57-42-39(60-41-37(53)35(51)32(48)22(4)56-41)38(33(49)29(17-46)58-42)59-40-36(52)34(50)31(47)21(3)55-40/h7,19-22,24-42,46-53H,8-18H2,1-6H3/t19-,20+,21?,22?,24+,25?,26?,27?,28?,29?,30?,31?,32?,33?,34?,35?,36?,37?,38?,39?,40?,41?,42?,43+,44+,45-/m1/s1. The first-order valence-electron chi connectivity index (χ1n) is 23.2. The van der Waals surface area contributed by atoms with Crippen molar-refractivity contribution >= 4 is 0 Å². The molecule has 5 aliphatic heterocycles. The van der Waals surface area contributed by atoms with Crippen molar-refractivity contribution in [1.29, 1.82) is 0 Å². The molecule has 348 valence electrons. The van der Waals surface area contributed by atoms with Gasteiger partial charge in [0.2, 0.25) is 0 Å². The number of allylic oxidation sites excluding steroid dienone is 1. The lowest BCUT2D eigenvalue weighted by Crippen LogP contribution is -2.67. The van der Waals surface area contributed by atoms with Crippen molar-refractivity contribution in [3.05, 3.63) is 11.6 Å². The summed E-state index contributed by atoms with van der Waals surface area (Å²) in [4.78, 5) is 0. The molecule has 8 N–H and O–H groups in total. The minimum Gasteiger partial charge on any atom is -0.394 e. The largest absolute Gasteiger partial charge is 0.394 e. The molecule has 4 aliphatic carbocycles. The Balaban J connectivity index is 0.937. The average Bonchev–Trinajstić information content (AvgIpc) is 3.69. The van der Waals surface area contributed by atoms with E-state index in [1.807, 2.05) is 0 Å². The van der Waals surface area contributed by atoms with E-state index in [1.165, 1.54) is 19.4 Å². The second kappa shape index (κ2) is 16.8. The Morgan fingerprint density at radius 2 is 1.34 bits per heavy atom. The molecule has 61 heavy (non-hydrogen) atoms. The van der Waals surface area contributed by atoms with Crippen LogP contribution in [0.5, 0.6) is 0 Å². The molecule has 8 fully saturated rings. The second-order valence-electron chi connectivity index (χ2n) is 21.1. The van der Waals surface area contributed by atoms with Gasteiger partial charge in [0, 0.05) is 12.3 Å². The molecule has 0 radical (unpaired) electrons. The number of ether oxygens (including phenoxy) is 8. The lowest BCUT2D eigenvalue weighted by atomic mass is 9.47. The summed E-state index contributed by atoms with van der Waals surface area (Å²) >= 11 is 0. The highest BCUT2D eigenvalue weighted by molar-refractivity contribution is 5.26. The highest BCUT2D eigenvalue weighted by Gasteiger charge is 2.69. The number of hydrogen-bond donors (Lipinski definition) is 8. The molecule has 0 aromatic carbocycles. The molecule has 5 saturated heterocycles. The van der Waals surface area contributed by atoms with E-state index in [0.29, 0.717) is 48.3 Å². The van der Waals surface area contributed by atoms with Gasteiger partial charge in [-0.05, 0) is 106 Å². The average molecular weight is 869 g/mol. The van der Waals surface area contributed by atoms with Gasteiger partial charge in [0.05, 0.1) is 37.6 Å². The van der Waals surface area contributed by atoms with Gasteiger partial charge < -0.3 is 78.7 Å². The van der Waals surface area contributed by atoms with Crippen molar-refractivity contribution in [3.8, 4) is 0 Å². The van der Waals surface area contributed by atoms with Crippen LogP contribution in [0.25, 0.3) is 0 Å². The SMILES string of the molecule is CC1OC(OC2C(O[C@H]3CC[C@@]4(C)C(=CCC5C6CC7O[C@]8(CC[C@@H](C)CO8)[C@@H](C)C7[C@@]6(C)CCC54)C3)OC(CO)C(O)C2OC2OC(C)C(O)C(O)C2O)C(O)C(O)C1O. The zero-order valence-electron chi connectivity index (χ0n) is 36.5. The zero-order chi connectivity index (χ0) is 43.5. The maximum Gasteiger partial charge on any atom is 0.187 e. The van der Waals surface area contributed by atoms with Crippen LogP contribution >= 0.6 is 0 Å². The first-order valence-corrected chi connectivity index (χ1v) is 23.2. The predicted octanol–water partition coefficient (Wildman–Crippen LogP) is 1.24. The van der Waals surface area contributed by atoms with Crippen LogP contribution in [0, 0.1) is 46.3 Å². The van der Waals surface area contributed by atoms with Gasteiger partial charge in [-0.1, -0.05) is 39.3 Å². The van der Waals surface area contributed by atoms with Gasteiger partial charge in [-0.3, -0.25) is 0 Å². The predicted molar refractivity (Wildman–Crippen MR) is 213 cm³/mol. The Labute approximate surface area is 358 Å². The summed E-state index contributed by atoms with van der Waals surface area (Å²) in [5.74, 6) is 2.61. The van der Waals surface area contributed by atoms with Crippen LogP contribution in [0.1, 0.15) is 99.3 Å². The molecule has 9 rings (SSSR count). The molecular formula is C45H72O16. The fraction of sp³-hybridized carbons (Fsp3) is 0.956. The van der Waals surface area contributed by atoms with Crippen molar-refractivity contribution in [2.75, 3.05) is 13.2 Å². The number of hydrogen-bond acceptors (Lipinski definition) is 16. The third-order valence-corrected chi connectivity index (χ3v) is 17.6. The van der Waals surface area contributed by atoms with Gasteiger partial charge in [-0.15, -0.1) is 0 Å². The molecule has 0 bridgehead atoms. The van der Waals surface area contributed by atoms with Crippen LogP contribution in [0.15, 0.2) is 11.6 Å². The third kappa shape index (κ3) is 7.42. The molecule has 26 atom stereocenters. The molecule has 5 heterocycles. The smallest absolute Gasteiger partial charge is 0.187 e. The second-order valence-corrected chi connectivity index (χ2v) is 21.1. The molecular weight excluding hydrogens is 796 g/mol. The lowest BCUT2D eigenvalue weighted by molar-refractivity contribution is -0.393. The fourth-order valence-corrected chi connectivity index (χ4v) is 14.0. The Kier molecular flexibility index (Phi) is 12.4. The monoisotopic (exact) mass is 868 g/mol. The normalized spacial score (nSPS) is 58.4. The van der Waals surface area contributed by atoms with E-state index in [1.54, 1.807) is 0 Å². The molecule has 0 aromatic heterocycles. The first kappa shape index (κ1) is 45.3. The van der Waals surface area contributed by atoms with Crippen molar-refractivity contribution in [2.45, 2.75) is 209 Å². The quantitative estimate of drug-likeness (QED) is 0.168. The van der Waals surface area contributed by atoms with E-state index in [2.05, 4.69) is 33.8 Å². The number of aliphatic hydroxyl groups is 8. The van der Waals surface area contributed by atoms with E-state index < -0.39 is 105 Å². The molecule has 20 unspecified atom stereocenters. The highest BCUT2D eigenvalue weighted by Crippen LogP contribution is 2.70. The summed E-state index contributed by atoms with van der Waals surface area (Å²) in [6.45, 7) is 12.7. The summed E-state index contributed by atoms with van der Waals surface area (Å²) in [7, 11) is 0. The minimum atomic E-state index is -1.73. The number of fused-ring (bicyclic) bond motifs is 7. The zero-order valence-corrected chi connectivity index (χ0v) is 36.5. The Hall–Kier alpha value is -0.900. The summed E-state index contributed by atoms with van der Waals surface area (Å²) < 4.78 is 50.5. The van der Waals surface area contributed by atoms with Crippen LogP contribution < -0.4 is 0 Å². The molecule has 0 amide bonds. The molecule has 1 spiro atoms. The molecule has 0 aromatic rings. The Morgan fingerprint density at radius 1 is 0.689 bits per heavy atom. The fourth-order valence-electron chi connectivity index (χ4n) is 14.0. The minimum absolute atomic E-state index is 0.0272. The number of aliphatic hydroxyl groups excluding tert-OH is 8. The van der Waals surface area contributed by atoms with Crippen LogP contribution in [0.3, 0.4) is 0 Å². The topological polar surface area (TPSA) is 236 Å². The van der Waals surface area contributed by atoms with Gasteiger partial charge in [-0.25, -0.2) is 0 Å². The van der Waals surface area contributed by atoms with E-state index in [0.717, 1.165) is 51.6 Å². The van der Waals surface area contributed by atoms with E-state index >= 15 is 0 Å². The van der Waals surface area contributed by atoms with Crippen LogP contribution in [-0.4, -0.2) is 164 Å². The summed E-state index contributed by atoms with van der Waals surface area (Å²) in [5.41, 5.74) is 1.51. The van der Waals surface area contributed by atoms with Gasteiger partial charge in [0.1, 0.15) is 61.0 Å². The lowest BCUT2D eigenvalue weighted by Gasteiger charge is -2.59. The van der Waals surface area contributed by atoms with Gasteiger partial charge in [0.15, 0.2) is 24.7 Å². The number of rotatable bonds is 7.